The first-order chi connectivity index (χ1) is 9.08. The molecule has 1 heterocycles. The van der Waals surface area contributed by atoms with Crippen molar-refractivity contribution in [2.24, 2.45) is 5.92 Å². The first kappa shape index (κ1) is 13.6. The van der Waals surface area contributed by atoms with Gasteiger partial charge < -0.3 is 14.8 Å². The zero-order valence-electron chi connectivity index (χ0n) is 11.3. The first-order valence-corrected chi connectivity index (χ1v) is 6.52. The summed E-state index contributed by atoms with van der Waals surface area (Å²) in [5.74, 6) is -0.285. The highest BCUT2D eigenvalue weighted by Gasteiger charge is 2.09. The Morgan fingerprint density at radius 2 is 2.21 bits per heavy atom. The maximum Gasteiger partial charge on any atom is 0.335 e. The fraction of sp³-hybridized carbons (Fsp3) is 0.400. The lowest BCUT2D eigenvalue weighted by molar-refractivity contribution is 0.0697. The van der Waals surface area contributed by atoms with E-state index in [0.29, 0.717) is 11.5 Å². The number of hydrogen-bond donors (Lipinski definition) is 2. The SMILES string of the molecule is CC(C)CNCCc1coc2ccc(C(=O)O)cc12. The fourth-order valence-electron chi connectivity index (χ4n) is 2.02. The molecule has 4 heteroatoms. The number of fused-ring (bicyclic) bond motifs is 1. The minimum atomic E-state index is -0.910. The average Bonchev–Trinajstić information content (AvgIpc) is 2.76. The summed E-state index contributed by atoms with van der Waals surface area (Å²) in [5.41, 5.74) is 2.09. The van der Waals surface area contributed by atoms with E-state index in [0.717, 1.165) is 36.0 Å². The summed E-state index contributed by atoms with van der Waals surface area (Å²) in [6, 6.07) is 4.96. The predicted octanol–water partition coefficient (Wildman–Crippen LogP) is 2.92. The van der Waals surface area contributed by atoms with Crippen molar-refractivity contribution in [2.45, 2.75) is 20.3 Å². The minimum Gasteiger partial charge on any atom is -0.478 e. The number of carboxylic acid groups (broad SMARTS) is 1. The van der Waals surface area contributed by atoms with Gasteiger partial charge in [-0.1, -0.05) is 13.8 Å². The lowest BCUT2D eigenvalue weighted by atomic mass is 10.1. The van der Waals surface area contributed by atoms with E-state index < -0.39 is 5.97 Å². The molecule has 0 aliphatic heterocycles. The van der Waals surface area contributed by atoms with Crippen molar-refractivity contribution in [3.05, 3.63) is 35.6 Å². The summed E-state index contributed by atoms with van der Waals surface area (Å²) in [6.45, 7) is 6.18. The van der Waals surface area contributed by atoms with Crippen molar-refractivity contribution in [3.8, 4) is 0 Å². The molecule has 0 aliphatic rings. The molecule has 0 fully saturated rings. The summed E-state index contributed by atoms with van der Waals surface area (Å²) in [5, 5.41) is 13.3. The molecule has 0 spiro atoms. The van der Waals surface area contributed by atoms with Gasteiger partial charge >= 0.3 is 5.97 Å². The van der Waals surface area contributed by atoms with Crippen molar-refractivity contribution in [1.82, 2.24) is 5.32 Å². The smallest absolute Gasteiger partial charge is 0.335 e. The van der Waals surface area contributed by atoms with Crippen LogP contribution in [-0.2, 0) is 6.42 Å². The molecular formula is C15H19NO3. The van der Waals surface area contributed by atoms with Gasteiger partial charge in [0.25, 0.3) is 0 Å². The molecule has 0 unspecified atom stereocenters. The number of benzene rings is 1. The van der Waals surface area contributed by atoms with Crippen molar-refractivity contribution in [2.75, 3.05) is 13.1 Å². The molecule has 0 saturated heterocycles. The standard InChI is InChI=1S/C15H19NO3/c1-10(2)8-16-6-5-12-9-19-14-4-3-11(15(17)18)7-13(12)14/h3-4,7,9-10,16H,5-6,8H2,1-2H3,(H,17,18). The van der Waals surface area contributed by atoms with Crippen LogP contribution in [0.15, 0.2) is 28.9 Å². The van der Waals surface area contributed by atoms with Crippen molar-refractivity contribution < 1.29 is 14.3 Å². The number of aromatic carboxylic acids is 1. The number of rotatable bonds is 6. The first-order valence-electron chi connectivity index (χ1n) is 6.52. The zero-order valence-corrected chi connectivity index (χ0v) is 11.3. The average molecular weight is 261 g/mol. The second kappa shape index (κ2) is 5.89. The Bertz CT molecular complexity index is 572. The Kier molecular flexibility index (Phi) is 4.22. The van der Waals surface area contributed by atoms with Gasteiger partial charge in [-0.25, -0.2) is 4.79 Å². The van der Waals surface area contributed by atoms with Crippen molar-refractivity contribution >= 4 is 16.9 Å². The highest BCUT2D eigenvalue weighted by Crippen LogP contribution is 2.22. The Morgan fingerprint density at radius 1 is 1.42 bits per heavy atom. The third kappa shape index (κ3) is 3.35. The van der Waals surface area contributed by atoms with Crippen LogP contribution in [0.1, 0.15) is 29.8 Å². The molecule has 102 valence electrons. The molecule has 0 bridgehead atoms. The summed E-state index contributed by atoms with van der Waals surface area (Å²) in [7, 11) is 0. The number of carboxylic acids is 1. The van der Waals surface area contributed by atoms with Crippen LogP contribution in [0.2, 0.25) is 0 Å². The normalized spacial score (nSPS) is 11.3. The zero-order chi connectivity index (χ0) is 13.8. The monoisotopic (exact) mass is 261 g/mol. The molecule has 0 amide bonds. The second-order valence-corrected chi connectivity index (χ2v) is 5.13. The Morgan fingerprint density at radius 3 is 2.89 bits per heavy atom. The summed E-state index contributed by atoms with van der Waals surface area (Å²) >= 11 is 0. The van der Waals surface area contributed by atoms with Crippen LogP contribution < -0.4 is 5.32 Å². The number of furan rings is 1. The van der Waals surface area contributed by atoms with E-state index in [1.807, 2.05) is 0 Å². The van der Waals surface area contributed by atoms with Crippen molar-refractivity contribution in [3.63, 3.8) is 0 Å². The van der Waals surface area contributed by atoms with E-state index in [-0.39, 0.29) is 0 Å². The Balaban J connectivity index is 2.10. The van der Waals surface area contributed by atoms with E-state index in [1.54, 1.807) is 24.5 Å². The molecule has 0 saturated carbocycles. The number of hydrogen-bond acceptors (Lipinski definition) is 3. The Hall–Kier alpha value is -1.81. The quantitative estimate of drug-likeness (QED) is 0.785. The molecular weight excluding hydrogens is 242 g/mol. The van der Waals surface area contributed by atoms with Gasteiger partial charge in [-0.3, -0.25) is 0 Å². The molecule has 0 atom stereocenters. The van der Waals surface area contributed by atoms with Crippen LogP contribution in [0.5, 0.6) is 0 Å². The molecule has 0 radical (unpaired) electrons. The highest BCUT2D eigenvalue weighted by molar-refractivity contribution is 5.93. The van der Waals surface area contributed by atoms with Crippen LogP contribution in [0, 0.1) is 5.92 Å². The Labute approximate surface area is 112 Å². The summed E-state index contributed by atoms with van der Waals surface area (Å²) < 4.78 is 5.44. The minimum absolute atomic E-state index is 0.297. The molecule has 2 N–H and O–H groups in total. The van der Waals surface area contributed by atoms with Gasteiger partial charge in [0.1, 0.15) is 5.58 Å². The van der Waals surface area contributed by atoms with Gasteiger partial charge in [-0.15, -0.1) is 0 Å². The van der Waals surface area contributed by atoms with Gasteiger partial charge in [-0.2, -0.15) is 0 Å². The molecule has 0 aliphatic carbocycles. The van der Waals surface area contributed by atoms with Crippen LogP contribution >= 0.6 is 0 Å². The largest absolute Gasteiger partial charge is 0.478 e. The van der Waals surface area contributed by atoms with E-state index in [9.17, 15) is 4.79 Å². The van der Waals surface area contributed by atoms with E-state index >= 15 is 0 Å². The summed E-state index contributed by atoms with van der Waals surface area (Å²) in [6.07, 6.45) is 2.55. The lowest BCUT2D eigenvalue weighted by Crippen LogP contribution is -2.22. The molecule has 2 rings (SSSR count). The summed E-state index contributed by atoms with van der Waals surface area (Å²) in [4.78, 5) is 11.0. The van der Waals surface area contributed by atoms with Crippen molar-refractivity contribution in [1.29, 1.82) is 0 Å². The van der Waals surface area contributed by atoms with E-state index in [2.05, 4.69) is 19.2 Å². The third-order valence-corrected chi connectivity index (χ3v) is 3.02. The van der Waals surface area contributed by atoms with Gasteiger partial charge in [0.05, 0.1) is 11.8 Å². The van der Waals surface area contributed by atoms with Crippen LogP contribution in [0.3, 0.4) is 0 Å². The molecule has 1 aromatic carbocycles. The van der Waals surface area contributed by atoms with Gasteiger partial charge in [0.15, 0.2) is 0 Å². The highest BCUT2D eigenvalue weighted by atomic mass is 16.4. The van der Waals surface area contributed by atoms with Crippen LogP contribution in [0.25, 0.3) is 11.0 Å². The van der Waals surface area contributed by atoms with E-state index in [4.69, 9.17) is 9.52 Å². The fourth-order valence-corrected chi connectivity index (χ4v) is 2.02. The maximum absolute atomic E-state index is 11.0. The van der Waals surface area contributed by atoms with Gasteiger partial charge in [0.2, 0.25) is 0 Å². The van der Waals surface area contributed by atoms with Crippen LogP contribution in [0.4, 0.5) is 0 Å². The molecule has 19 heavy (non-hydrogen) atoms. The van der Waals surface area contributed by atoms with Crippen LogP contribution in [-0.4, -0.2) is 24.2 Å². The third-order valence-electron chi connectivity index (χ3n) is 3.02. The predicted molar refractivity (Wildman–Crippen MR) is 74.6 cm³/mol. The maximum atomic E-state index is 11.0. The molecule has 1 aromatic heterocycles. The number of nitrogens with one attached hydrogen (secondary N) is 1. The van der Waals surface area contributed by atoms with Gasteiger partial charge in [0, 0.05) is 5.39 Å². The topological polar surface area (TPSA) is 62.5 Å². The number of carbonyl (C=O) groups is 1. The van der Waals surface area contributed by atoms with E-state index in [1.165, 1.54) is 0 Å². The van der Waals surface area contributed by atoms with Gasteiger partial charge in [-0.05, 0) is 49.2 Å². The lowest BCUT2D eigenvalue weighted by Gasteiger charge is -2.06. The molecule has 4 nitrogen and oxygen atoms in total. The second-order valence-electron chi connectivity index (χ2n) is 5.13. The molecule has 2 aromatic rings.